The topological polar surface area (TPSA) is 38.0 Å². The van der Waals surface area contributed by atoms with Gasteiger partial charge >= 0.3 is 0 Å². The highest BCUT2D eigenvalue weighted by molar-refractivity contribution is 6.30. The molecule has 1 unspecified atom stereocenters. The summed E-state index contributed by atoms with van der Waals surface area (Å²) in [6.45, 7) is 0.751. The Bertz CT molecular complexity index is 325. The van der Waals surface area contributed by atoms with Crippen LogP contribution < -0.4 is 11.1 Å². The lowest BCUT2D eigenvalue weighted by Crippen LogP contribution is -2.27. The molecule has 0 aliphatic carbocycles. The van der Waals surface area contributed by atoms with E-state index in [9.17, 15) is 0 Å². The molecule has 1 heterocycles. The molecular formula is C11H15ClN2. The number of anilines is 1. The smallest absolute Gasteiger partial charge is 0.0410 e. The second kappa shape index (κ2) is 4.20. The monoisotopic (exact) mass is 210 g/mol. The zero-order valence-corrected chi connectivity index (χ0v) is 8.85. The van der Waals surface area contributed by atoms with Crippen LogP contribution in [0, 0.1) is 0 Å². The molecule has 0 bridgehead atoms. The summed E-state index contributed by atoms with van der Waals surface area (Å²) in [5.74, 6) is 0. The summed E-state index contributed by atoms with van der Waals surface area (Å²) in [7, 11) is 0. The van der Waals surface area contributed by atoms with Crippen molar-refractivity contribution in [3.63, 3.8) is 0 Å². The average molecular weight is 211 g/mol. The molecule has 14 heavy (non-hydrogen) atoms. The highest BCUT2D eigenvalue weighted by Gasteiger charge is 2.16. The third kappa shape index (κ3) is 2.02. The summed E-state index contributed by atoms with van der Waals surface area (Å²) in [5, 5.41) is 4.31. The van der Waals surface area contributed by atoms with Gasteiger partial charge in [-0.25, -0.2) is 0 Å². The maximum Gasteiger partial charge on any atom is 0.0410 e. The summed E-state index contributed by atoms with van der Waals surface area (Å²) in [6.07, 6.45) is 3.31. The first-order valence-electron chi connectivity index (χ1n) is 5.04. The molecule has 76 valence electrons. The minimum atomic E-state index is 0.536. The quantitative estimate of drug-likeness (QED) is 0.787. The van der Waals surface area contributed by atoms with Crippen molar-refractivity contribution in [1.82, 2.24) is 0 Å². The lowest BCUT2D eigenvalue weighted by atomic mass is 9.96. The van der Waals surface area contributed by atoms with Gasteiger partial charge in [0.15, 0.2) is 0 Å². The van der Waals surface area contributed by atoms with Gasteiger partial charge in [-0.3, -0.25) is 0 Å². The van der Waals surface area contributed by atoms with Gasteiger partial charge in [-0.15, -0.1) is 0 Å². The normalized spacial score (nSPS) is 20.0. The van der Waals surface area contributed by atoms with E-state index in [1.165, 1.54) is 11.3 Å². The van der Waals surface area contributed by atoms with E-state index in [1.54, 1.807) is 0 Å². The van der Waals surface area contributed by atoms with E-state index < -0.39 is 0 Å². The first kappa shape index (κ1) is 9.81. The molecule has 1 aliphatic heterocycles. The third-order valence-electron chi connectivity index (χ3n) is 2.70. The molecule has 0 radical (unpaired) electrons. The van der Waals surface area contributed by atoms with E-state index in [2.05, 4.69) is 11.4 Å². The molecule has 2 rings (SSSR count). The van der Waals surface area contributed by atoms with Gasteiger partial charge < -0.3 is 11.1 Å². The third-order valence-corrected chi connectivity index (χ3v) is 2.94. The van der Waals surface area contributed by atoms with E-state index in [1.807, 2.05) is 12.1 Å². The number of nitrogens with one attached hydrogen (secondary N) is 1. The number of hydrogen-bond acceptors (Lipinski definition) is 2. The summed E-state index contributed by atoms with van der Waals surface area (Å²) in [4.78, 5) is 0. The van der Waals surface area contributed by atoms with Gasteiger partial charge in [0.2, 0.25) is 0 Å². The fourth-order valence-electron chi connectivity index (χ4n) is 1.95. The zero-order chi connectivity index (χ0) is 9.97. The average Bonchev–Trinajstić information content (AvgIpc) is 2.19. The first-order valence-corrected chi connectivity index (χ1v) is 5.42. The molecule has 0 spiro atoms. The van der Waals surface area contributed by atoms with Crippen molar-refractivity contribution in [2.24, 2.45) is 5.73 Å². The van der Waals surface area contributed by atoms with Gasteiger partial charge in [0.25, 0.3) is 0 Å². The number of halogens is 1. The molecule has 1 aromatic carbocycles. The number of aryl methyl sites for hydroxylation is 1. The summed E-state index contributed by atoms with van der Waals surface area (Å²) in [5.41, 5.74) is 8.09. The van der Waals surface area contributed by atoms with E-state index in [0.29, 0.717) is 6.04 Å². The van der Waals surface area contributed by atoms with E-state index in [0.717, 1.165) is 30.8 Å². The summed E-state index contributed by atoms with van der Waals surface area (Å²) < 4.78 is 0. The Hall–Kier alpha value is -0.730. The minimum absolute atomic E-state index is 0.536. The molecule has 1 atom stereocenters. The molecule has 1 aliphatic rings. The number of hydrogen-bond donors (Lipinski definition) is 2. The first-order chi connectivity index (χ1) is 6.79. The Morgan fingerprint density at radius 3 is 3.14 bits per heavy atom. The lowest BCUT2D eigenvalue weighted by molar-refractivity contribution is 0.593. The van der Waals surface area contributed by atoms with Crippen molar-refractivity contribution >= 4 is 17.3 Å². The Balaban J connectivity index is 2.15. The Labute approximate surface area is 89.4 Å². The predicted molar refractivity (Wildman–Crippen MR) is 60.9 cm³/mol. The van der Waals surface area contributed by atoms with Crippen molar-refractivity contribution in [2.75, 3.05) is 11.9 Å². The van der Waals surface area contributed by atoms with Crippen LogP contribution in [0.5, 0.6) is 0 Å². The maximum absolute atomic E-state index is 5.93. The maximum atomic E-state index is 5.93. The van der Waals surface area contributed by atoms with Gasteiger partial charge in [-0.2, -0.15) is 0 Å². The largest absolute Gasteiger partial charge is 0.382 e. The molecule has 0 saturated carbocycles. The Kier molecular flexibility index (Phi) is 2.94. The van der Waals surface area contributed by atoms with Crippen molar-refractivity contribution in [1.29, 1.82) is 0 Å². The van der Waals surface area contributed by atoms with Crippen molar-refractivity contribution in [3.05, 3.63) is 28.8 Å². The molecule has 3 heteroatoms. The fourth-order valence-corrected chi connectivity index (χ4v) is 2.14. The van der Waals surface area contributed by atoms with Crippen LogP contribution in [0.4, 0.5) is 5.69 Å². The van der Waals surface area contributed by atoms with Crippen molar-refractivity contribution < 1.29 is 0 Å². The Morgan fingerprint density at radius 1 is 1.50 bits per heavy atom. The summed E-state index contributed by atoms with van der Waals surface area (Å²) >= 11 is 5.93. The van der Waals surface area contributed by atoms with Crippen LogP contribution in [0.15, 0.2) is 18.2 Å². The minimum Gasteiger partial charge on any atom is -0.382 e. The van der Waals surface area contributed by atoms with Crippen molar-refractivity contribution in [2.45, 2.75) is 25.3 Å². The van der Waals surface area contributed by atoms with Crippen LogP contribution in [-0.2, 0) is 6.42 Å². The van der Waals surface area contributed by atoms with Crippen LogP contribution in [0.25, 0.3) is 0 Å². The number of nitrogens with two attached hydrogens (primary N) is 1. The zero-order valence-electron chi connectivity index (χ0n) is 8.09. The number of fused-ring (bicyclic) bond motifs is 1. The standard InChI is InChI=1S/C11H15ClN2/c12-9-2-4-11-8(7-9)1-3-10(14-11)5-6-13/h2,4,7,10,14H,1,3,5-6,13H2. The van der Waals surface area contributed by atoms with Gasteiger partial charge in [0, 0.05) is 16.8 Å². The van der Waals surface area contributed by atoms with E-state index in [-0.39, 0.29) is 0 Å². The van der Waals surface area contributed by atoms with Gasteiger partial charge in [-0.05, 0) is 49.6 Å². The molecule has 0 saturated heterocycles. The molecule has 0 fully saturated rings. The SMILES string of the molecule is NCCC1CCc2cc(Cl)ccc2N1. The molecule has 0 amide bonds. The predicted octanol–water partition coefficient (Wildman–Crippen LogP) is 2.42. The van der Waals surface area contributed by atoms with Gasteiger partial charge in [-0.1, -0.05) is 11.6 Å². The second-order valence-corrected chi connectivity index (χ2v) is 4.20. The number of benzene rings is 1. The van der Waals surface area contributed by atoms with Crippen LogP contribution in [-0.4, -0.2) is 12.6 Å². The van der Waals surface area contributed by atoms with Gasteiger partial charge in [0.05, 0.1) is 0 Å². The molecule has 1 aromatic rings. The summed E-state index contributed by atoms with van der Waals surface area (Å²) in [6, 6.07) is 6.56. The second-order valence-electron chi connectivity index (χ2n) is 3.76. The highest BCUT2D eigenvalue weighted by Crippen LogP contribution is 2.28. The van der Waals surface area contributed by atoms with Crippen LogP contribution in [0.3, 0.4) is 0 Å². The number of rotatable bonds is 2. The van der Waals surface area contributed by atoms with Crippen LogP contribution >= 0.6 is 11.6 Å². The fraction of sp³-hybridized carbons (Fsp3) is 0.455. The molecule has 2 nitrogen and oxygen atoms in total. The molecular weight excluding hydrogens is 196 g/mol. The van der Waals surface area contributed by atoms with Crippen LogP contribution in [0.1, 0.15) is 18.4 Å². The van der Waals surface area contributed by atoms with Gasteiger partial charge in [0.1, 0.15) is 0 Å². The molecule has 0 aromatic heterocycles. The Morgan fingerprint density at radius 2 is 2.36 bits per heavy atom. The highest BCUT2D eigenvalue weighted by atomic mass is 35.5. The van der Waals surface area contributed by atoms with Crippen molar-refractivity contribution in [3.8, 4) is 0 Å². The van der Waals surface area contributed by atoms with E-state index >= 15 is 0 Å². The van der Waals surface area contributed by atoms with Crippen LogP contribution in [0.2, 0.25) is 5.02 Å². The molecule has 3 N–H and O–H groups in total. The van der Waals surface area contributed by atoms with E-state index in [4.69, 9.17) is 17.3 Å². The lowest BCUT2D eigenvalue weighted by Gasteiger charge is -2.26.